The van der Waals surface area contributed by atoms with Gasteiger partial charge < -0.3 is 25.0 Å². The zero-order valence-electron chi connectivity index (χ0n) is 17.4. The lowest BCUT2D eigenvalue weighted by molar-refractivity contribution is 0.0691. The van der Waals surface area contributed by atoms with Crippen LogP contribution in [-0.2, 0) is 13.1 Å². The van der Waals surface area contributed by atoms with Gasteiger partial charge in [-0.1, -0.05) is 18.9 Å². The molecule has 2 heterocycles. The Morgan fingerprint density at radius 3 is 2.56 bits per heavy atom. The smallest absolute Gasteiger partial charge is 0.274 e. The average Bonchev–Trinajstić information content (AvgIpc) is 2.76. The molecule has 8 nitrogen and oxygen atoms in total. The highest BCUT2D eigenvalue weighted by Gasteiger charge is 2.30. The number of benzene rings is 1. The first-order valence-corrected chi connectivity index (χ1v) is 10.4. The van der Waals surface area contributed by atoms with Crippen molar-refractivity contribution in [2.75, 3.05) is 19.7 Å². The number of halogens is 2. The Balaban J connectivity index is 1.72. The van der Waals surface area contributed by atoms with Crippen LogP contribution in [0.3, 0.4) is 0 Å². The Bertz CT molecular complexity index is 1070. The van der Waals surface area contributed by atoms with E-state index in [1.54, 1.807) is 4.90 Å². The van der Waals surface area contributed by atoms with Crippen LogP contribution in [0.2, 0.25) is 0 Å². The summed E-state index contributed by atoms with van der Waals surface area (Å²) in [6.07, 6.45) is 4.34. The third-order valence-corrected chi connectivity index (χ3v) is 5.39. The number of aliphatic hydroxyl groups excluding tert-OH is 1. The van der Waals surface area contributed by atoms with Crippen LogP contribution in [0.15, 0.2) is 29.2 Å². The molecule has 3 N–H and O–H groups in total. The van der Waals surface area contributed by atoms with E-state index in [2.05, 4.69) is 5.32 Å². The molecule has 0 bridgehead atoms. The SMILES string of the molecule is O=C(NCc1ccc(F)cc1F)c1cn2c(c(O)c1=O)C(=O)N(CCCCCCO)CC2. The Morgan fingerprint density at radius 1 is 1.09 bits per heavy atom. The van der Waals surface area contributed by atoms with E-state index in [1.165, 1.54) is 16.8 Å². The van der Waals surface area contributed by atoms with E-state index in [0.29, 0.717) is 32.1 Å². The fraction of sp³-hybridized carbons (Fsp3) is 0.409. The highest BCUT2D eigenvalue weighted by molar-refractivity contribution is 5.99. The van der Waals surface area contributed by atoms with Gasteiger partial charge in [-0.05, 0) is 18.9 Å². The van der Waals surface area contributed by atoms with Gasteiger partial charge in [-0.3, -0.25) is 14.4 Å². The van der Waals surface area contributed by atoms with Crippen molar-refractivity contribution in [2.24, 2.45) is 0 Å². The molecule has 0 unspecified atom stereocenters. The van der Waals surface area contributed by atoms with Gasteiger partial charge in [0.1, 0.15) is 17.2 Å². The van der Waals surface area contributed by atoms with E-state index in [4.69, 9.17) is 5.11 Å². The second-order valence-electron chi connectivity index (χ2n) is 7.61. The number of carbonyl (C=O) groups excluding carboxylic acids is 2. The lowest BCUT2D eigenvalue weighted by Gasteiger charge is -2.30. The molecule has 0 saturated heterocycles. The van der Waals surface area contributed by atoms with Crippen molar-refractivity contribution in [2.45, 2.75) is 38.8 Å². The van der Waals surface area contributed by atoms with Gasteiger partial charge in [0.15, 0.2) is 11.4 Å². The van der Waals surface area contributed by atoms with Crippen LogP contribution in [-0.4, -0.2) is 51.2 Å². The Morgan fingerprint density at radius 2 is 1.84 bits per heavy atom. The summed E-state index contributed by atoms with van der Waals surface area (Å²) in [5.74, 6) is -3.73. The van der Waals surface area contributed by atoms with Crippen LogP contribution in [0.5, 0.6) is 5.75 Å². The van der Waals surface area contributed by atoms with Gasteiger partial charge in [-0.25, -0.2) is 8.78 Å². The van der Waals surface area contributed by atoms with Crippen LogP contribution in [0, 0.1) is 11.6 Å². The molecule has 32 heavy (non-hydrogen) atoms. The summed E-state index contributed by atoms with van der Waals surface area (Å²) < 4.78 is 28.1. The van der Waals surface area contributed by atoms with Gasteiger partial charge in [0.25, 0.3) is 11.8 Å². The summed E-state index contributed by atoms with van der Waals surface area (Å²) in [6.45, 7) is 0.954. The maximum absolute atomic E-state index is 13.8. The number of rotatable bonds is 9. The molecule has 0 saturated carbocycles. The van der Waals surface area contributed by atoms with Gasteiger partial charge in [0.2, 0.25) is 5.43 Å². The molecule has 0 radical (unpaired) electrons. The first-order valence-electron chi connectivity index (χ1n) is 10.4. The summed E-state index contributed by atoms with van der Waals surface area (Å²) in [4.78, 5) is 39.3. The molecule has 0 aliphatic carbocycles. The van der Waals surface area contributed by atoms with Crippen LogP contribution < -0.4 is 10.7 Å². The van der Waals surface area contributed by atoms with Crippen molar-refractivity contribution < 1.29 is 28.6 Å². The number of unbranched alkanes of at least 4 members (excludes halogenated alkanes) is 3. The van der Waals surface area contributed by atoms with Gasteiger partial charge in [-0.2, -0.15) is 0 Å². The molecule has 0 atom stereocenters. The van der Waals surface area contributed by atoms with Crippen LogP contribution in [0.25, 0.3) is 0 Å². The van der Waals surface area contributed by atoms with Crippen molar-refractivity contribution in [1.82, 2.24) is 14.8 Å². The minimum Gasteiger partial charge on any atom is -0.503 e. The van der Waals surface area contributed by atoms with Crippen molar-refractivity contribution >= 4 is 11.8 Å². The Kier molecular flexibility index (Phi) is 7.57. The molecular weight excluding hydrogens is 424 g/mol. The molecule has 1 aromatic heterocycles. The molecule has 1 aromatic carbocycles. The minimum absolute atomic E-state index is 0.0341. The molecule has 10 heteroatoms. The number of amides is 2. The normalized spacial score (nSPS) is 13.2. The molecular formula is C22H25F2N3O5. The van der Waals surface area contributed by atoms with Crippen molar-refractivity contribution in [3.8, 4) is 5.75 Å². The Hall–Kier alpha value is -3.27. The lowest BCUT2D eigenvalue weighted by atomic mass is 10.1. The van der Waals surface area contributed by atoms with Gasteiger partial charge >= 0.3 is 0 Å². The van der Waals surface area contributed by atoms with Crippen molar-refractivity contribution in [3.05, 3.63) is 63.1 Å². The van der Waals surface area contributed by atoms with Crippen LogP contribution in [0.4, 0.5) is 8.78 Å². The molecule has 0 spiro atoms. The van der Waals surface area contributed by atoms with E-state index in [1.807, 2.05) is 0 Å². The molecule has 172 valence electrons. The summed E-state index contributed by atoms with van der Waals surface area (Å²) in [7, 11) is 0. The number of aliphatic hydroxyl groups is 1. The van der Waals surface area contributed by atoms with E-state index >= 15 is 0 Å². The predicted molar refractivity (Wildman–Crippen MR) is 111 cm³/mol. The van der Waals surface area contributed by atoms with E-state index in [0.717, 1.165) is 25.3 Å². The maximum Gasteiger partial charge on any atom is 0.274 e. The molecule has 3 rings (SSSR count). The van der Waals surface area contributed by atoms with E-state index < -0.39 is 34.6 Å². The number of aromatic hydroxyl groups is 1. The van der Waals surface area contributed by atoms with Crippen molar-refractivity contribution in [3.63, 3.8) is 0 Å². The lowest BCUT2D eigenvalue weighted by Crippen LogP contribution is -2.43. The fourth-order valence-electron chi connectivity index (χ4n) is 3.61. The number of hydrogen-bond donors (Lipinski definition) is 3. The maximum atomic E-state index is 13.8. The zero-order chi connectivity index (χ0) is 23.3. The van der Waals surface area contributed by atoms with Crippen LogP contribution in [0.1, 0.15) is 52.1 Å². The third kappa shape index (κ3) is 5.13. The monoisotopic (exact) mass is 449 g/mol. The molecule has 2 amide bonds. The van der Waals surface area contributed by atoms with Crippen molar-refractivity contribution in [1.29, 1.82) is 0 Å². The van der Waals surface area contributed by atoms with E-state index in [-0.39, 0.29) is 30.0 Å². The third-order valence-electron chi connectivity index (χ3n) is 5.39. The highest BCUT2D eigenvalue weighted by atomic mass is 19.1. The number of nitrogens with one attached hydrogen (secondary N) is 1. The molecule has 1 aliphatic rings. The number of carbonyl (C=O) groups is 2. The van der Waals surface area contributed by atoms with Crippen LogP contribution >= 0.6 is 0 Å². The Labute approximate surface area is 183 Å². The molecule has 0 fully saturated rings. The second-order valence-corrected chi connectivity index (χ2v) is 7.61. The highest BCUT2D eigenvalue weighted by Crippen LogP contribution is 2.21. The second kappa shape index (κ2) is 10.4. The minimum atomic E-state index is -0.994. The summed E-state index contributed by atoms with van der Waals surface area (Å²) in [6, 6.07) is 2.92. The number of hydrogen-bond acceptors (Lipinski definition) is 5. The van der Waals surface area contributed by atoms with Gasteiger partial charge in [-0.15, -0.1) is 0 Å². The first-order chi connectivity index (χ1) is 15.3. The van der Waals surface area contributed by atoms with Gasteiger partial charge in [0, 0.05) is 50.6 Å². The first kappa shape index (κ1) is 23.4. The number of nitrogens with zero attached hydrogens (tertiary/aromatic N) is 2. The average molecular weight is 449 g/mol. The largest absolute Gasteiger partial charge is 0.503 e. The fourth-order valence-corrected chi connectivity index (χ4v) is 3.61. The topological polar surface area (TPSA) is 112 Å². The quantitative estimate of drug-likeness (QED) is 0.505. The summed E-state index contributed by atoms with van der Waals surface area (Å²) >= 11 is 0. The number of aromatic nitrogens is 1. The molecule has 1 aliphatic heterocycles. The van der Waals surface area contributed by atoms with Gasteiger partial charge in [0.05, 0.1) is 0 Å². The molecule has 2 aromatic rings. The predicted octanol–water partition coefficient (Wildman–Crippen LogP) is 1.77. The summed E-state index contributed by atoms with van der Waals surface area (Å²) in [5.41, 5.74) is -1.50. The zero-order valence-corrected chi connectivity index (χ0v) is 17.4. The summed E-state index contributed by atoms with van der Waals surface area (Å²) in [5, 5.41) is 21.6. The van der Waals surface area contributed by atoms with E-state index in [9.17, 15) is 28.3 Å². The number of pyridine rings is 1. The standard InChI is InChI=1S/C22H25F2N3O5/c23-15-6-5-14(17(24)11-15)12-25-21(31)16-13-27-9-8-26(7-3-1-2-4-10-28)22(32)18(27)20(30)19(16)29/h5-6,11,13,28,30H,1-4,7-10,12H2,(H,25,31). The number of fused-ring (bicyclic) bond motifs is 1.